The van der Waals surface area contributed by atoms with E-state index in [2.05, 4.69) is 11.1 Å². The van der Waals surface area contributed by atoms with Gasteiger partial charge in [-0.3, -0.25) is 9.59 Å². The third kappa shape index (κ3) is 3.15. The van der Waals surface area contributed by atoms with Gasteiger partial charge in [0.05, 0.1) is 13.7 Å². The minimum Gasteiger partial charge on any atom is -0.496 e. The fourth-order valence-corrected chi connectivity index (χ4v) is 5.98. The first-order valence-corrected chi connectivity index (χ1v) is 11.9. The third-order valence-electron chi connectivity index (χ3n) is 6.70. The van der Waals surface area contributed by atoms with E-state index in [0.29, 0.717) is 18.7 Å². The van der Waals surface area contributed by atoms with Crippen molar-refractivity contribution in [2.45, 2.75) is 25.0 Å². The second-order valence-electron chi connectivity index (χ2n) is 8.50. The van der Waals surface area contributed by atoms with Gasteiger partial charge in [-0.1, -0.05) is 42.5 Å². The van der Waals surface area contributed by atoms with Gasteiger partial charge in [0.15, 0.2) is 0 Å². The van der Waals surface area contributed by atoms with Gasteiger partial charge in [-0.15, -0.1) is 11.3 Å². The van der Waals surface area contributed by atoms with Crippen molar-refractivity contribution in [3.05, 3.63) is 87.7 Å². The summed E-state index contributed by atoms with van der Waals surface area (Å²) in [7, 11) is 1.64. The van der Waals surface area contributed by atoms with Crippen LogP contribution < -0.4 is 4.74 Å². The quantitative estimate of drug-likeness (QED) is 0.501. The van der Waals surface area contributed by atoms with Gasteiger partial charge in [0.1, 0.15) is 24.4 Å². The largest absolute Gasteiger partial charge is 0.496 e. The van der Waals surface area contributed by atoms with Crippen LogP contribution in [-0.2, 0) is 22.6 Å². The zero-order chi connectivity index (χ0) is 22.5. The van der Waals surface area contributed by atoms with Crippen LogP contribution in [0.1, 0.15) is 27.7 Å². The molecule has 1 saturated heterocycles. The number of nitrogens with one attached hydrogen (secondary N) is 1. The molecule has 7 heteroatoms. The highest BCUT2D eigenvalue weighted by Crippen LogP contribution is 2.44. The van der Waals surface area contributed by atoms with Gasteiger partial charge in [0.25, 0.3) is 0 Å². The molecule has 0 unspecified atom stereocenters. The van der Waals surface area contributed by atoms with Crippen LogP contribution in [-0.4, -0.2) is 46.3 Å². The summed E-state index contributed by atoms with van der Waals surface area (Å²) < 4.78 is 5.67. The van der Waals surface area contributed by atoms with Gasteiger partial charge in [-0.25, -0.2) is 0 Å². The number of ether oxygens (including phenoxy) is 1. The molecule has 0 saturated carbocycles. The second kappa shape index (κ2) is 7.78. The summed E-state index contributed by atoms with van der Waals surface area (Å²) in [6.45, 7) is 0.543. The van der Waals surface area contributed by atoms with Crippen molar-refractivity contribution < 1.29 is 14.3 Å². The van der Waals surface area contributed by atoms with Gasteiger partial charge in [-0.05, 0) is 29.1 Å². The first kappa shape index (κ1) is 20.1. The van der Waals surface area contributed by atoms with E-state index in [-0.39, 0.29) is 18.4 Å². The molecule has 2 amide bonds. The first-order valence-electron chi connectivity index (χ1n) is 11.0. The van der Waals surface area contributed by atoms with Gasteiger partial charge in [-0.2, -0.15) is 0 Å². The number of benzene rings is 2. The maximum Gasteiger partial charge on any atom is 0.246 e. The van der Waals surface area contributed by atoms with Gasteiger partial charge < -0.3 is 19.5 Å². The highest BCUT2D eigenvalue weighted by atomic mass is 32.1. The number of methoxy groups -OCH3 is 1. The summed E-state index contributed by atoms with van der Waals surface area (Å²) >= 11 is 1.60. The van der Waals surface area contributed by atoms with Crippen molar-refractivity contribution in [3.8, 4) is 5.75 Å². The summed E-state index contributed by atoms with van der Waals surface area (Å²) in [6, 6.07) is 18.9. The van der Waals surface area contributed by atoms with Crippen LogP contribution in [0.15, 0.2) is 66.0 Å². The van der Waals surface area contributed by atoms with Crippen LogP contribution in [0.2, 0.25) is 0 Å². The van der Waals surface area contributed by atoms with Crippen molar-refractivity contribution in [1.82, 2.24) is 14.8 Å². The summed E-state index contributed by atoms with van der Waals surface area (Å²) in [4.78, 5) is 35.4. The van der Waals surface area contributed by atoms with E-state index < -0.39 is 12.1 Å². The lowest BCUT2D eigenvalue weighted by Crippen LogP contribution is -2.62. The third-order valence-corrected chi connectivity index (χ3v) is 7.56. The molecule has 2 atom stereocenters. The predicted molar refractivity (Wildman–Crippen MR) is 127 cm³/mol. The van der Waals surface area contributed by atoms with Gasteiger partial charge >= 0.3 is 0 Å². The van der Waals surface area contributed by atoms with Crippen molar-refractivity contribution in [3.63, 3.8) is 0 Å². The van der Waals surface area contributed by atoms with E-state index in [0.717, 1.165) is 32.6 Å². The second-order valence-corrected chi connectivity index (χ2v) is 9.53. The number of carbonyl (C=O) groups is 2. The molecule has 33 heavy (non-hydrogen) atoms. The highest BCUT2D eigenvalue weighted by Gasteiger charge is 2.48. The summed E-state index contributed by atoms with van der Waals surface area (Å²) in [5, 5.41) is 3.09. The van der Waals surface area contributed by atoms with Crippen molar-refractivity contribution in [1.29, 1.82) is 0 Å². The van der Waals surface area contributed by atoms with Crippen LogP contribution in [0.3, 0.4) is 0 Å². The smallest absolute Gasteiger partial charge is 0.246 e. The SMILES string of the molecule is COc1ccccc1[C@@H]1c2[nH]c3ccccc3c2C[C@H]2C(=O)N(Cc3cccs3)CC(=O)N12. The predicted octanol–water partition coefficient (Wildman–Crippen LogP) is 4.12. The van der Waals surface area contributed by atoms with Crippen LogP contribution in [0.25, 0.3) is 10.9 Å². The maximum absolute atomic E-state index is 13.7. The zero-order valence-corrected chi connectivity index (χ0v) is 19.0. The Morgan fingerprint density at radius 1 is 1.06 bits per heavy atom. The molecule has 1 fully saturated rings. The summed E-state index contributed by atoms with van der Waals surface area (Å²) in [5.41, 5.74) is 3.95. The monoisotopic (exact) mass is 457 g/mol. The number of amides is 2. The van der Waals surface area contributed by atoms with E-state index in [1.807, 2.05) is 60.0 Å². The number of carbonyl (C=O) groups excluding carboxylic acids is 2. The van der Waals surface area contributed by atoms with E-state index >= 15 is 0 Å². The van der Waals surface area contributed by atoms with E-state index in [1.165, 1.54) is 0 Å². The topological polar surface area (TPSA) is 65.6 Å². The molecule has 166 valence electrons. The fourth-order valence-electron chi connectivity index (χ4n) is 5.26. The average molecular weight is 458 g/mol. The van der Waals surface area contributed by atoms with Gasteiger partial charge in [0.2, 0.25) is 11.8 Å². The Morgan fingerprint density at radius 3 is 2.70 bits per heavy atom. The molecule has 2 aliphatic rings. The molecule has 0 aliphatic carbocycles. The van der Waals surface area contributed by atoms with Crippen molar-refractivity contribution >= 4 is 34.1 Å². The highest BCUT2D eigenvalue weighted by molar-refractivity contribution is 7.09. The molecule has 4 heterocycles. The number of piperazine rings is 1. The lowest BCUT2D eigenvalue weighted by Gasteiger charge is -2.47. The number of aromatic nitrogens is 1. The minimum atomic E-state index is -0.548. The first-order chi connectivity index (χ1) is 16.2. The van der Waals surface area contributed by atoms with Crippen LogP contribution in [0, 0.1) is 0 Å². The molecular formula is C26H23N3O3S. The number of hydrogen-bond donors (Lipinski definition) is 1. The molecule has 2 aromatic carbocycles. The normalized spacial score (nSPS) is 20.2. The number of thiophene rings is 1. The van der Waals surface area contributed by atoms with Crippen molar-refractivity contribution in [2.24, 2.45) is 0 Å². The molecule has 6 rings (SSSR count). The van der Waals surface area contributed by atoms with E-state index in [1.54, 1.807) is 28.2 Å². The van der Waals surface area contributed by atoms with Crippen LogP contribution in [0.4, 0.5) is 0 Å². The average Bonchev–Trinajstić information content (AvgIpc) is 3.48. The number of rotatable bonds is 4. The number of nitrogens with zero attached hydrogens (tertiary/aromatic N) is 2. The number of aromatic amines is 1. The standard InChI is InChI=1S/C26H23N3O3S/c1-32-22-11-5-3-9-18(22)25-24-19(17-8-2-4-10-20(17)27-24)13-21-26(31)28(15-23(30)29(21)25)14-16-7-6-12-33-16/h2-12,21,25,27H,13-15H2,1H3/t21-,25+/m0/s1. The number of fused-ring (bicyclic) bond motifs is 4. The van der Waals surface area contributed by atoms with E-state index in [4.69, 9.17) is 4.74 Å². The van der Waals surface area contributed by atoms with E-state index in [9.17, 15) is 9.59 Å². The number of para-hydroxylation sites is 2. The lowest BCUT2D eigenvalue weighted by molar-refractivity contribution is -0.159. The van der Waals surface area contributed by atoms with Crippen molar-refractivity contribution in [2.75, 3.05) is 13.7 Å². The summed E-state index contributed by atoms with van der Waals surface area (Å²) in [6.07, 6.45) is 0.497. The molecule has 6 nitrogen and oxygen atoms in total. The molecule has 2 aliphatic heterocycles. The Labute approximate surface area is 195 Å². The molecule has 0 spiro atoms. The molecule has 2 aromatic heterocycles. The Kier molecular flexibility index (Phi) is 4.73. The van der Waals surface area contributed by atoms with Gasteiger partial charge in [0, 0.05) is 33.5 Å². The Bertz CT molecular complexity index is 1360. The molecule has 0 bridgehead atoms. The molecule has 0 radical (unpaired) electrons. The number of hydrogen-bond acceptors (Lipinski definition) is 4. The Balaban J connectivity index is 1.51. The Morgan fingerprint density at radius 2 is 1.88 bits per heavy atom. The number of H-pyrrole nitrogens is 1. The molecular weight excluding hydrogens is 434 g/mol. The minimum absolute atomic E-state index is 0.00108. The molecule has 1 N–H and O–H groups in total. The zero-order valence-electron chi connectivity index (χ0n) is 18.2. The Hall–Kier alpha value is -3.58. The maximum atomic E-state index is 13.7. The lowest BCUT2D eigenvalue weighted by atomic mass is 9.86. The summed E-state index contributed by atoms with van der Waals surface area (Å²) in [5.74, 6) is 0.657. The fraction of sp³-hybridized carbons (Fsp3) is 0.231. The van der Waals surface area contributed by atoms with Crippen LogP contribution >= 0.6 is 11.3 Å². The van der Waals surface area contributed by atoms with Crippen LogP contribution in [0.5, 0.6) is 5.75 Å². The molecule has 4 aromatic rings.